The molecule has 2 rings (SSSR count). The maximum Gasteiger partial charge on any atom is 0.215 e. The third kappa shape index (κ3) is 1.66. The highest BCUT2D eigenvalue weighted by molar-refractivity contribution is 6.35. The van der Waals surface area contributed by atoms with E-state index in [1.807, 2.05) is 12.1 Å². The normalized spacial score (nSPS) is 10.3. The highest BCUT2D eigenvalue weighted by Gasteiger charge is 2.09. The van der Waals surface area contributed by atoms with Gasteiger partial charge in [0.25, 0.3) is 0 Å². The SMILES string of the molecule is COC(=N)c1ccc(Cl)c2cccnc12. The molecule has 0 fully saturated rings. The minimum absolute atomic E-state index is 0.0929. The van der Waals surface area contributed by atoms with Crippen LogP contribution in [0.15, 0.2) is 30.5 Å². The van der Waals surface area contributed by atoms with Crippen molar-refractivity contribution in [1.82, 2.24) is 4.98 Å². The van der Waals surface area contributed by atoms with Crippen molar-refractivity contribution in [2.24, 2.45) is 0 Å². The quantitative estimate of drug-likeness (QED) is 0.593. The Balaban J connectivity index is 2.77. The average molecular weight is 221 g/mol. The predicted octanol–water partition coefficient (Wildman–Crippen LogP) is 2.86. The molecule has 0 aliphatic heterocycles. The van der Waals surface area contributed by atoms with Crippen molar-refractivity contribution >= 4 is 28.4 Å². The number of methoxy groups -OCH3 is 1. The molecule has 76 valence electrons. The van der Waals surface area contributed by atoms with Crippen molar-refractivity contribution in [1.29, 1.82) is 5.41 Å². The maximum atomic E-state index is 7.63. The van der Waals surface area contributed by atoms with E-state index in [-0.39, 0.29) is 5.90 Å². The Kier molecular flexibility index (Phi) is 2.56. The van der Waals surface area contributed by atoms with E-state index in [1.54, 1.807) is 18.3 Å². The van der Waals surface area contributed by atoms with Crippen LogP contribution in [0.1, 0.15) is 5.56 Å². The second kappa shape index (κ2) is 3.87. The van der Waals surface area contributed by atoms with Crippen molar-refractivity contribution in [2.45, 2.75) is 0 Å². The molecule has 0 unspecified atom stereocenters. The van der Waals surface area contributed by atoms with Gasteiger partial charge in [0.1, 0.15) is 0 Å². The summed E-state index contributed by atoms with van der Waals surface area (Å²) in [5.41, 5.74) is 1.34. The number of rotatable bonds is 1. The minimum atomic E-state index is 0.0929. The van der Waals surface area contributed by atoms with Crippen molar-refractivity contribution in [2.75, 3.05) is 7.11 Å². The maximum absolute atomic E-state index is 7.63. The highest BCUT2D eigenvalue weighted by Crippen LogP contribution is 2.24. The Morgan fingerprint density at radius 3 is 2.93 bits per heavy atom. The zero-order valence-corrected chi connectivity index (χ0v) is 8.88. The number of aromatic nitrogens is 1. The van der Waals surface area contributed by atoms with Gasteiger partial charge in [-0.1, -0.05) is 11.6 Å². The van der Waals surface area contributed by atoms with Gasteiger partial charge < -0.3 is 4.74 Å². The van der Waals surface area contributed by atoms with Crippen LogP contribution in [0.5, 0.6) is 0 Å². The molecular weight excluding hydrogens is 212 g/mol. The molecule has 15 heavy (non-hydrogen) atoms. The monoisotopic (exact) mass is 220 g/mol. The van der Waals surface area contributed by atoms with E-state index < -0.39 is 0 Å². The first-order valence-electron chi connectivity index (χ1n) is 4.40. The third-order valence-electron chi connectivity index (χ3n) is 2.17. The molecule has 1 aromatic heterocycles. The van der Waals surface area contributed by atoms with E-state index >= 15 is 0 Å². The molecule has 1 aromatic carbocycles. The second-order valence-electron chi connectivity index (χ2n) is 3.03. The summed E-state index contributed by atoms with van der Waals surface area (Å²) in [5, 5.41) is 9.09. The van der Waals surface area contributed by atoms with Crippen LogP contribution in [0.3, 0.4) is 0 Å². The Morgan fingerprint density at radius 1 is 1.40 bits per heavy atom. The van der Waals surface area contributed by atoms with Gasteiger partial charge in [0.2, 0.25) is 5.90 Å². The van der Waals surface area contributed by atoms with Crippen LogP contribution >= 0.6 is 11.6 Å². The lowest BCUT2D eigenvalue weighted by Crippen LogP contribution is -2.02. The standard InChI is InChI=1S/C11H9ClN2O/c1-15-11(13)8-4-5-9(12)7-3-2-6-14-10(7)8/h2-6,13H,1H3. The van der Waals surface area contributed by atoms with Crippen LogP contribution < -0.4 is 0 Å². The Labute approximate surface area is 92.2 Å². The molecular formula is C11H9ClN2O. The molecule has 0 radical (unpaired) electrons. The Morgan fingerprint density at radius 2 is 2.20 bits per heavy atom. The number of halogens is 1. The summed E-state index contributed by atoms with van der Waals surface area (Å²) < 4.78 is 4.88. The van der Waals surface area contributed by atoms with Gasteiger partial charge in [0.05, 0.1) is 23.2 Å². The third-order valence-corrected chi connectivity index (χ3v) is 2.49. The zero-order chi connectivity index (χ0) is 10.8. The lowest BCUT2D eigenvalue weighted by Gasteiger charge is -2.06. The second-order valence-corrected chi connectivity index (χ2v) is 3.43. The summed E-state index contributed by atoms with van der Waals surface area (Å²) in [4.78, 5) is 4.21. The fourth-order valence-corrected chi connectivity index (χ4v) is 1.65. The number of ether oxygens (including phenoxy) is 1. The summed E-state index contributed by atoms with van der Waals surface area (Å²) >= 11 is 6.03. The smallest absolute Gasteiger partial charge is 0.215 e. The van der Waals surface area contributed by atoms with Gasteiger partial charge in [-0.2, -0.15) is 0 Å². The van der Waals surface area contributed by atoms with Crippen LogP contribution in [-0.4, -0.2) is 18.0 Å². The molecule has 0 saturated heterocycles. The molecule has 0 spiro atoms. The van der Waals surface area contributed by atoms with E-state index in [0.717, 1.165) is 5.39 Å². The summed E-state index contributed by atoms with van der Waals surface area (Å²) in [6.45, 7) is 0. The zero-order valence-electron chi connectivity index (χ0n) is 8.12. The molecule has 4 heteroatoms. The van der Waals surface area contributed by atoms with Gasteiger partial charge in [-0.15, -0.1) is 0 Å². The number of nitrogens with one attached hydrogen (secondary N) is 1. The van der Waals surface area contributed by atoms with Crippen LogP contribution in [0.25, 0.3) is 10.9 Å². The number of pyridine rings is 1. The molecule has 0 atom stereocenters. The van der Waals surface area contributed by atoms with Crippen LogP contribution in [-0.2, 0) is 4.74 Å². The Hall–Kier alpha value is -1.61. The van der Waals surface area contributed by atoms with Gasteiger partial charge in [-0.05, 0) is 24.3 Å². The van der Waals surface area contributed by atoms with E-state index in [0.29, 0.717) is 16.1 Å². The van der Waals surface area contributed by atoms with Crippen LogP contribution in [0, 0.1) is 5.41 Å². The largest absolute Gasteiger partial charge is 0.481 e. The van der Waals surface area contributed by atoms with Crippen molar-refractivity contribution in [3.8, 4) is 0 Å². The summed E-state index contributed by atoms with van der Waals surface area (Å²) in [6, 6.07) is 7.17. The molecule has 1 N–H and O–H groups in total. The van der Waals surface area contributed by atoms with Gasteiger partial charge in [0.15, 0.2) is 0 Å². The summed E-state index contributed by atoms with van der Waals surface area (Å²) in [6.07, 6.45) is 1.67. The van der Waals surface area contributed by atoms with Crippen molar-refractivity contribution < 1.29 is 4.74 Å². The number of hydrogen-bond acceptors (Lipinski definition) is 3. The van der Waals surface area contributed by atoms with Gasteiger partial charge in [0, 0.05) is 11.6 Å². The molecule has 2 aromatic rings. The van der Waals surface area contributed by atoms with Gasteiger partial charge >= 0.3 is 0 Å². The molecule has 0 bridgehead atoms. The fourth-order valence-electron chi connectivity index (χ4n) is 1.43. The summed E-state index contributed by atoms with van der Waals surface area (Å²) in [7, 11) is 1.46. The first kappa shape index (κ1) is 9.93. The minimum Gasteiger partial charge on any atom is -0.481 e. The van der Waals surface area contributed by atoms with E-state index in [4.69, 9.17) is 21.7 Å². The molecule has 0 saturated carbocycles. The molecule has 0 aliphatic rings. The van der Waals surface area contributed by atoms with Crippen molar-refractivity contribution in [3.63, 3.8) is 0 Å². The highest BCUT2D eigenvalue weighted by atomic mass is 35.5. The predicted molar refractivity (Wildman–Crippen MR) is 60.6 cm³/mol. The lowest BCUT2D eigenvalue weighted by molar-refractivity contribution is 0.401. The molecule has 1 heterocycles. The topological polar surface area (TPSA) is 46.0 Å². The lowest BCUT2D eigenvalue weighted by atomic mass is 10.1. The van der Waals surface area contributed by atoms with E-state index in [2.05, 4.69) is 4.98 Å². The number of benzene rings is 1. The first-order chi connectivity index (χ1) is 7.24. The van der Waals surface area contributed by atoms with E-state index in [1.165, 1.54) is 7.11 Å². The number of fused-ring (bicyclic) bond motifs is 1. The Bertz CT molecular complexity index is 525. The average Bonchev–Trinajstić information content (AvgIpc) is 2.29. The summed E-state index contributed by atoms with van der Waals surface area (Å²) in [5.74, 6) is 0.0929. The van der Waals surface area contributed by atoms with Gasteiger partial charge in [-0.3, -0.25) is 10.4 Å². The van der Waals surface area contributed by atoms with Crippen LogP contribution in [0.2, 0.25) is 5.02 Å². The number of hydrogen-bond donors (Lipinski definition) is 1. The van der Waals surface area contributed by atoms with Crippen LogP contribution in [0.4, 0.5) is 0 Å². The molecule has 0 amide bonds. The molecule has 0 aliphatic carbocycles. The van der Waals surface area contributed by atoms with Crippen molar-refractivity contribution in [3.05, 3.63) is 41.0 Å². The van der Waals surface area contributed by atoms with Gasteiger partial charge in [-0.25, -0.2) is 0 Å². The molecule has 3 nitrogen and oxygen atoms in total. The fraction of sp³-hybridized carbons (Fsp3) is 0.0909. The van der Waals surface area contributed by atoms with E-state index in [9.17, 15) is 0 Å². The number of nitrogens with zero attached hydrogens (tertiary/aromatic N) is 1. The first-order valence-corrected chi connectivity index (χ1v) is 4.78.